The Hall–Kier alpha value is -4.55. The van der Waals surface area contributed by atoms with Crippen molar-refractivity contribution in [2.75, 3.05) is 20.3 Å². The lowest BCUT2D eigenvalue weighted by Gasteiger charge is -2.27. The maximum atomic E-state index is 14.1. The van der Waals surface area contributed by atoms with Gasteiger partial charge < -0.3 is 39.6 Å². The molecule has 1 saturated heterocycles. The fourth-order valence-electron chi connectivity index (χ4n) is 7.58. The number of aliphatic carboxylic acids is 1. The van der Waals surface area contributed by atoms with Gasteiger partial charge in [0.15, 0.2) is 0 Å². The highest BCUT2D eigenvalue weighted by molar-refractivity contribution is 5.95. The summed E-state index contributed by atoms with van der Waals surface area (Å²) in [6.45, 7) is 4.23. The van der Waals surface area contributed by atoms with Crippen LogP contribution in [0.15, 0.2) is 30.4 Å². The van der Waals surface area contributed by atoms with E-state index in [1.807, 2.05) is 38.1 Å². The number of carboxylic acid groups (broad SMARTS) is 1. The third-order valence-electron chi connectivity index (χ3n) is 10.4. The topological polar surface area (TPSA) is 166 Å². The molecule has 2 saturated carbocycles. The molecule has 1 aromatic carbocycles. The number of allylic oxidation sites excluding steroid dienone is 1. The number of aromatic nitrogens is 1. The van der Waals surface area contributed by atoms with Crippen molar-refractivity contribution in [1.29, 1.82) is 0 Å². The Morgan fingerprint density at radius 1 is 1.10 bits per heavy atom. The highest BCUT2D eigenvalue weighted by Gasteiger charge is 2.61. The Morgan fingerprint density at radius 2 is 1.88 bits per heavy atom. The molecule has 13 nitrogen and oxygen atoms in total. The Balaban J connectivity index is 1.27. The van der Waals surface area contributed by atoms with Gasteiger partial charge in [0.1, 0.15) is 35.3 Å². The number of pyridine rings is 1. The largest absolute Gasteiger partial charge is 0.496 e. The van der Waals surface area contributed by atoms with Gasteiger partial charge in [-0.15, -0.1) is 0 Å². The predicted molar refractivity (Wildman–Crippen MR) is 183 cm³/mol. The minimum absolute atomic E-state index is 0.0372. The van der Waals surface area contributed by atoms with Crippen molar-refractivity contribution < 1.29 is 43.2 Å². The molecule has 5 atom stereocenters. The Morgan fingerprint density at radius 3 is 2.62 bits per heavy atom. The van der Waals surface area contributed by atoms with Crippen molar-refractivity contribution >= 4 is 34.8 Å². The summed E-state index contributed by atoms with van der Waals surface area (Å²) in [4.78, 5) is 59.5. The summed E-state index contributed by atoms with van der Waals surface area (Å²) in [7, 11) is 1.59. The fraction of sp³-hybridized carbons (Fsp3) is 0.595. The summed E-state index contributed by atoms with van der Waals surface area (Å²) in [5.41, 5.74) is 0.0309. The standard InChI is InChI=1S/C37H48N4O9/c1-4-48-31-19-30(27-15-16-29(47-3)22(2)33(27)39-31)49-26-18-28-34(43)40-37(35(44)45)20-23(37)11-7-5-6-8-12-24(17-32(42)41(28)21-26)38-36(46)50-25-13-9-10-14-25/h7,11,15-16,19,23-26,28H,4-6,8-10,12-14,17-18,20-21H2,1-3H3,(H,38,46)(H,40,43)(H,44,45)/b11-7-/t23-,24+,26-,28+,37-/m1/s1. The second kappa shape index (κ2) is 15.1. The van der Waals surface area contributed by atoms with E-state index in [-0.39, 0.29) is 43.7 Å². The van der Waals surface area contributed by atoms with Crippen LogP contribution in [0.5, 0.6) is 17.4 Å². The number of nitrogens with one attached hydrogen (secondary N) is 2. The first-order chi connectivity index (χ1) is 24.1. The van der Waals surface area contributed by atoms with Gasteiger partial charge in [0, 0.05) is 41.8 Å². The Labute approximate surface area is 292 Å². The highest BCUT2D eigenvalue weighted by atomic mass is 16.6. The number of fused-ring (bicyclic) bond motifs is 3. The number of hydrogen-bond acceptors (Lipinski definition) is 9. The predicted octanol–water partition coefficient (Wildman–Crippen LogP) is 4.82. The average Bonchev–Trinajstić information content (AvgIpc) is 3.35. The Bertz CT molecular complexity index is 1640. The number of aryl methyl sites for hydroxylation is 1. The second-order valence-electron chi connectivity index (χ2n) is 13.9. The number of carbonyl (C=O) groups is 4. The van der Waals surface area contributed by atoms with Crippen LogP contribution < -0.4 is 24.8 Å². The van der Waals surface area contributed by atoms with E-state index in [0.29, 0.717) is 35.9 Å². The van der Waals surface area contributed by atoms with Crippen LogP contribution in [-0.2, 0) is 19.1 Å². The number of hydrogen-bond donors (Lipinski definition) is 3. The normalized spacial score (nSPS) is 28.0. The third kappa shape index (κ3) is 7.61. The van der Waals surface area contributed by atoms with Crippen LogP contribution >= 0.6 is 0 Å². The molecule has 2 aliphatic carbocycles. The molecule has 50 heavy (non-hydrogen) atoms. The van der Waals surface area contributed by atoms with Gasteiger partial charge in [0.05, 0.1) is 25.8 Å². The molecule has 3 amide bonds. The van der Waals surface area contributed by atoms with E-state index in [4.69, 9.17) is 18.9 Å². The van der Waals surface area contributed by atoms with Crippen molar-refractivity contribution in [2.24, 2.45) is 5.92 Å². The molecule has 3 N–H and O–H groups in total. The molecule has 13 heteroatoms. The van der Waals surface area contributed by atoms with E-state index in [0.717, 1.165) is 55.9 Å². The van der Waals surface area contributed by atoms with Gasteiger partial charge in [-0.25, -0.2) is 14.6 Å². The summed E-state index contributed by atoms with van der Waals surface area (Å²) in [5.74, 6) is -0.811. The summed E-state index contributed by atoms with van der Waals surface area (Å²) in [5, 5.41) is 16.6. The second-order valence-corrected chi connectivity index (χ2v) is 13.9. The summed E-state index contributed by atoms with van der Waals surface area (Å²) >= 11 is 0. The molecule has 2 aliphatic heterocycles. The van der Waals surface area contributed by atoms with Crippen LogP contribution in [0, 0.1) is 12.8 Å². The van der Waals surface area contributed by atoms with Crippen LogP contribution in [-0.4, -0.2) is 89.0 Å². The summed E-state index contributed by atoms with van der Waals surface area (Å²) < 4.78 is 23.5. The molecular weight excluding hydrogens is 644 g/mol. The number of ether oxygens (including phenoxy) is 4. The molecule has 3 fully saturated rings. The zero-order chi connectivity index (χ0) is 35.4. The van der Waals surface area contributed by atoms with E-state index in [1.54, 1.807) is 13.2 Å². The van der Waals surface area contributed by atoms with Gasteiger partial charge in [-0.2, -0.15) is 0 Å². The van der Waals surface area contributed by atoms with Crippen molar-refractivity contribution in [1.82, 2.24) is 20.5 Å². The highest BCUT2D eigenvalue weighted by Crippen LogP contribution is 2.45. The monoisotopic (exact) mass is 692 g/mol. The van der Waals surface area contributed by atoms with Crippen LogP contribution in [0.4, 0.5) is 4.79 Å². The fourth-order valence-corrected chi connectivity index (χ4v) is 7.58. The number of methoxy groups -OCH3 is 1. The molecule has 4 aliphatic rings. The van der Waals surface area contributed by atoms with Crippen molar-refractivity contribution in [3.8, 4) is 17.4 Å². The smallest absolute Gasteiger partial charge is 0.407 e. The van der Waals surface area contributed by atoms with Crippen LogP contribution in [0.2, 0.25) is 0 Å². The zero-order valence-corrected chi connectivity index (χ0v) is 29.1. The minimum atomic E-state index is -1.42. The van der Waals surface area contributed by atoms with E-state index in [1.165, 1.54) is 4.90 Å². The van der Waals surface area contributed by atoms with E-state index in [9.17, 15) is 24.3 Å². The molecule has 2 aromatic rings. The number of carbonyl (C=O) groups excluding carboxylic acids is 3. The van der Waals surface area contributed by atoms with Gasteiger partial charge in [0.2, 0.25) is 17.7 Å². The lowest BCUT2D eigenvalue weighted by Crippen LogP contribution is -2.53. The number of benzene rings is 1. The number of amides is 3. The van der Waals surface area contributed by atoms with E-state index < -0.39 is 41.7 Å². The Kier molecular flexibility index (Phi) is 10.7. The van der Waals surface area contributed by atoms with Crippen molar-refractivity contribution in [2.45, 2.75) is 114 Å². The van der Waals surface area contributed by atoms with E-state index in [2.05, 4.69) is 15.6 Å². The van der Waals surface area contributed by atoms with Crippen LogP contribution in [0.1, 0.15) is 83.1 Å². The first-order valence-electron chi connectivity index (χ1n) is 17.9. The molecule has 6 rings (SSSR count). The van der Waals surface area contributed by atoms with Crippen molar-refractivity contribution in [3.63, 3.8) is 0 Å². The van der Waals surface area contributed by atoms with Gasteiger partial charge >= 0.3 is 12.1 Å². The number of carboxylic acids is 1. The molecule has 3 heterocycles. The van der Waals surface area contributed by atoms with Gasteiger partial charge in [-0.05, 0) is 77.3 Å². The molecule has 0 spiro atoms. The lowest BCUT2D eigenvalue weighted by molar-refractivity contribution is -0.145. The van der Waals surface area contributed by atoms with Crippen molar-refractivity contribution in [3.05, 3.63) is 35.9 Å². The molecule has 0 radical (unpaired) electrons. The maximum Gasteiger partial charge on any atom is 0.407 e. The quantitative estimate of drug-likeness (QED) is 0.327. The first kappa shape index (κ1) is 35.3. The summed E-state index contributed by atoms with van der Waals surface area (Å²) in [6, 6.07) is 3.91. The van der Waals surface area contributed by atoms with Crippen LogP contribution in [0.25, 0.3) is 10.9 Å². The molecule has 270 valence electrons. The number of rotatable bonds is 8. The average molecular weight is 693 g/mol. The number of alkyl carbamates (subject to hydrolysis) is 1. The molecule has 1 aromatic heterocycles. The zero-order valence-electron chi connectivity index (χ0n) is 29.1. The number of nitrogens with zero attached hydrogens (tertiary/aromatic N) is 2. The summed E-state index contributed by atoms with van der Waals surface area (Å²) in [6.07, 6.45) is 9.49. The van der Waals surface area contributed by atoms with E-state index >= 15 is 0 Å². The maximum absolute atomic E-state index is 14.1. The molecule has 0 unspecified atom stereocenters. The molecule has 0 bridgehead atoms. The SMILES string of the molecule is CCOc1cc(O[C@@H]2C[C@H]3C(=O)N[C@]4(C(=O)O)C[C@H]4/C=C\CCCC[C@H](NC(=O)OC4CCCC4)CC(=O)N3C2)c2ccc(OC)c(C)c2n1. The minimum Gasteiger partial charge on any atom is -0.496 e. The molecular formula is C37H48N4O9. The third-order valence-corrected chi connectivity index (χ3v) is 10.4. The van der Waals surface area contributed by atoms with Crippen LogP contribution in [0.3, 0.4) is 0 Å². The van der Waals surface area contributed by atoms with Gasteiger partial charge in [0.25, 0.3) is 0 Å². The van der Waals surface area contributed by atoms with Gasteiger partial charge in [-0.1, -0.05) is 18.6 Å². The van der Waals surface area contributed by atoms with Gasteiger partial charge in [-0.3, -0.25) is 9.59 Å². The first-order valence-corrected chi connectivity index (χ1v) is 17.9. The lowest BCUT2D eigenvalue weighted by atomic mass is 10.0.